The summed E-state index contributed by atoms with van der Waals surface area (Å²) in [4.78, 5) is 119. The fraction of sp³-hybridized carbons (Fsp3) is 0.641. The summed E-state index contributed by atoms with van der Waals surface area (Å²) in [5, 5.41) is 45.7. The van der Waals surface area contributed by atoms with Gasteiger partial charge in [0.2, 0.25) is 17.7 Å². The second kappa shape index (κ2) is 35.9. The lowest BCUT2D eigenvalue weighted by atomic mass is 9.91. The number of alkyl carbamates (subject to hydrolysis) is 1. The second-order valence-electron chi connectivity index (χ2n) is 24.5. The van der Waals surface area contributed by atoms with Gasteiger partial charge in [0.15, 0.2) is 0 Å². The number of urea groups is 1. The van der Waals surface area contributed by atoms with Gasteiger partial charge in [-0.1, -0.05) is 84.4 Å². The van der Waals surface area contributed by atoms with Crippen LogP contribution >= 0.6 is 0 Å². The number of unbranched alkanes of at least 4 members (excludes halogenated alkanes) is 2. The van der Waals surface area contributed by atoms with Crippen molar-refractivity contribution in [1.29, 1.82) is 0 Å². The van der Waals surface area contributed by atoms with Crippen molar-refractivity contribution in [3.8, 4) is 0 Å². The Kier molecular flexibility index (Phi) is 29.2. The molecule has 1 unspecified atom stereocenters. The standard InChI is InChI=1S/C64H97N9O16/c1-9-49(75)44(7)58-51(87-58)38-64(8,85)28-13-15-42(5)57-43(6)19-25-50(41(4)18-24-47(74)37-55(79)89-57)88-63(84)72-35-33-71(34-36-72)32-30-67-62(83)86-39-45-20-22-46(23-21-45)68-59(80)48(16-14-29-66-61(65)82)69-60(81)56(40(2)3)70-52(76)17-11-10-12-31-73-53(77)26-27-54(73)78/h13,15,19-23,25-28,40-41,43-44,47-51,56-58,74-75,85H,9-12,14,16-18,24,29-39H2,1-8H3,(H,67,83)(H,68,80)(H,69,81)(H,70,76)(H3,65,66,82)/b25-19+,28-13+,42-15+/t41-,43-,44+,47+,48-,49-,50-,51+,56-,57+,58+,64?/m0/s1. The molecule has 2 fully saturated rings. The van der Waals surface area contributed by atoms with Gasteiger partial charge in [0.1, 0.15) is 30.9 Å². The van der Waals surface area contributed by atoms with Crippen molar-refractivity contribution in [3.63, 3.8) is 0 Å². The number of nitrogens with two attached hydrogens (primary N) is 1. The Morgan fingerprint density at radius 1 is 0.876 bits per heavy atom. The molecule has 0 radical (unpaired) electrons. The van der Waals surface area contributed by atoms with Crippen LogP contribution in [0.5, 0.6) is 0 Å². The van der Waals surface area contributed by atoms with Crippen molar-refractivity contribution in [3.05, 3.63) is 77.9 Å². The van der Waals surface area contributed by atoms with Crippen LogP contribution in [0.3, 0.4) is 0 Å². The average Bonchev–Trinajstić information content (AvgIpc) is 4.12. The van der Waals surface area contributed by atoms with Gasteiger partial charge in [0.05, 0.1) is 36.4 Å². The molecule has 1 aromatic carbocycles. The molecule has 12 atom stereocenters. The van der Waals surface area contributed by atoms with E-state index in [0.29, 0.717) is 94.5 Å². The molecular weight excluding hydrogens is 1150 g/mol. The van der Waals surface area contributed by atoms with Crippen LogP contribution < -0.4 is 32.3 Å². The number of benzene rings is 1. The zero-order valence-electron chi connectivity index (χ0n) is 53.0. The van der Waals surface area contributed by atoms with Gasteiger partial charge < -0.3 is 71.5 Å². The fourth-order valence-corrected chi connectivity index (χ4v) is 10.8. The zero-order chi connectivity index (χ0) is 65.4. The highest BCUT2D eigenvalue weighted by Gasteiger charge is 2.47. The smallest absolute Gasteiger partial charge is 0.410 e. The number of epoxide rings is 1. The van der Waals surface area contributed by atoms with Crippen LogP contribution in [0.15, 0.2) is 72.4 Å². The van der Waals surface area contributed by atoms with Gasteiger partial charge >= 0.3 is 24.2 Å². The Morgan fingerprint density at radius 3 is 2.24 bits per heavy atom. The molecule has 0 aliphatic carbocycles. The summed E-state index contributed by atoms with van der Waals surface area (Å²) in [6, 6.07) is 3.80. The predicted octanol–water partition coefficient (Wildman–Crippen LogP) is 4.64. The number of primary amides is 1. The van der Waals surface area contributed by atoms with Crippen molar-refractivity contribution in [2.24, 2.45) is 29.4 Å². The van der Waals surface area contributed by atoms with Crippen molar-refractivity contribution in [2.45, 2.75) is 187 Å². The van der Waals surface area contributed by atoms with E-state index in [4.69, 9.17) is 24.7 Å². The highest BCUT2D eigenvalue weighted by atomic mass is 16.6. The topological polar surface area (TPSA) is 350 Å². The lowest BCUT2D eigenvalue weighted by molar-refractivity contribution is -0.151. The van der Waals surface area contributed by atoms with Crippen molar-refractivity contribution in [1.82, 2.24) is 36.0 Å². The van der Waals surface area contributed by atoms with E-state index in [2.05, 4.69) is 31.5 Å². The number of rotatable bonds is 30. The molecule has 0 aromatic heterocycles. The highest BCUT2D eigenvalue weighted by Crippen LogP contribution is 2.38. The molecule has 5 rings (SSSR count). The number of hydrogen-bond acceptors (Lipinski definition) is 17. The van der Waals surface area contributed by atoms with Crippen LogP contribution in [-0.2, 0) is 54.3 Å². The van der Waals surface area contributed by atoms with E-state index in [9.17, 15) is 58.5 Å². The maximum Gasteiger partial charge on any atom is 0.410 e. The van der Waals surface area contributed by atoms with Crippen LogP contribution in [0.25, 0.3) is 0 Å². The molecule has 25 nitrogen and oxygen atoms in total. The van der Waals surface area contributed by atoms with Crippen LogP contribution in [0.2, 0.25) is 0 Å². The number of ether oxygens (including phenoxy) is 4. The number of aliphatic hydroxyl groups excluding tert-OH is 2. The van der Waals surface area contributed by atoms with Crippen LogP contribution in [0.4, 0.5) is 20.1 Å². The quantitative estimate of drug-likeness (QED) is 0.00964. The van der Waals surface area contributed by atoms with Gasteiger partial charge in [-0.2, -0.15) is 0 Å². The Balaban J connectivity index is 1.04. The molecule has 89 heavy (non-hydrogen) atoms. The molecule has 0 spiro atoms. The minimum absolute atomic E-state index is 0.0431. The number of piperazine rings is 1. The summed E-state index contributed by atoms with van der Waals surface area (Å²) < 4.78 is 23.3. The highest BCUT2D eigenvalue weighted by molar-refractivity contribution is 6.12. The largest absolute Gasteiger partial charge is 0.457 e. The van der Waals surface area contributed by atoms with E-state index in [1.807, 2.05) is 46.8 Å². The summed E-state index contributed by atoms with van der Waals surface area (Å²) in [6.45, 7) is 17.7. The van der Waals surface area contributed by atoms with Gasteiger partial charge in [0, 0.05) is 94.9 Å². The summed E-state index contributed by atoms with van der Waals surface area (Å²) in [5.74, 6) is -3.69. The molecule has 0 saturated carbocycles. The SMILES string of the molecule is CC[C@H](O)[C@@H](C)[C@H]1O[C@@H]1CC(C)(O)/C=C/C=C(\C)[C@H]1OC(=O)C[C@H](O)CC[C@H](C)[C@@H](OC(=O)N2CCN(CCNC(=O)OCc3ccc(NC(=O)[C@H](CCCNC(N)=O)NC(=O)[C@@H](NC(=O)CCCCCN4C(=O)C=CC4=O)C(C)C)cc3)CC2)/C=C/[C@@H]1C. The molecule has 10 N–H and O–H groups in total. The number of cyclic esters (lactones) is 1. The molecule has 0 bridgehead atoms. The summed E-state index contributed by atoms with van der Waals surface area (Å²) in [6.07, 6.45) is 10.7. The number of allylic oxidation sites excluding steroid dienone is 2. The zero-order valence-corrected chi connectivity index (χ0v) is 53.0. The van der Waals surface area contributed by atoms with Crippen molar-refractivity contribution < 1.29 is 77.4 Å². The summed E-state index contributed by atoms with van der Waals surface area (Å²) >= 11 is 0. The Bertz CT molecular complexity index is 2660. The molecule has 494 valence electrons. The van der Waals surface area contributed by atoms with E-state index < -0.39 is 78.1 Å². The molecular formula is C64H97N9O16. The van der Waals surface area contributed by atoms with Gasteiger partial charge in [-0.15, -0.1) is 0 Å². The molecule has 4 heterocycles. The monoisotopic (exact) mass is 1250 g/mol. The lowest BCUT2D eigenvalue weighted by Gasteiger charge is -2.35. The minimum Gasteiger partial charge on any atom is -0.457 e. The maximum atomic E-state index is 13.7. The number of amides is 9. The Hall–Kier alpha value is -7.19. The van der Waals surface area contributed by atoms with E-state index in [-0.39, 0.29) is 106 Å². The third-order valence-electron chi connectivity index (χ3n) is 16.5. The molecule has 1 aromatic rings. The number of nitrogens with zero attached hydrogens (tertiary/aromatic N) is 3. The average molecular weight is 1250 g/mol. The predicted molar refractivity (Wildman–Crippen MR) is 331 cm³/mol. The number of carbonyl (C=O) groups is 9. The number of carbonyl (C=O) groups excluding carboxylic acids is 9. The Morgan fingerprint density at radius 2 is 1.57 bits per heavy atom. The third-order valence-corrected chi connectivity index (χ3v) is 16.5. The van der Waals surface area contributed by atoms with E-state index >= 15 is 0 Å². The summed E-state index contributed by atoms with van der Waals surface area (Å²) in [7, 11) is 0. The van der Waals surface area contributed by atoms with E-state index in [1.165, 1.54) is 12.2 Å². The van der Waals surface area contributed by atoms with Crippen LogP contribution in [0.1, 0.15) is 132 Å². The third kappa shape index (κ3) is 25.0. The van der Waals surface area contributed by atoms with Gasteiger partial charge in [-0.05, 0) is 100.0 Å². The van der Waals surface area contributed by atoms with E-state index in [1.54, 1.807) is 68.2 Å². The van der Waals surface area contributed by atoms with Crippen molar-refractivity contribution in [2.75, 3.05) is 57.7 Å². The first-order valence-electron chi connectivity index (χ1n) is 31.4. The number of aliphatic hydroxyl groups is 3. The number of esters is 1. The molecule has 4 aliphatic rings. The minimum atomic E-state index is -1.19. The summed E-state index contributed by atoms with van der Waals surface area (Å²) in [5.41, 5.74) is 5.75. The number of hydrogen-bond donors (Lipinski definition) is 9. The normalized spacial score (nSPS) is 24.2. The number of nitrogens with one attached hydrogen (secondary N) is 5. The molecule has 25 heteroatoms. The first-order chi connectivity index (χ1) is 42.2. The number of imide groups is 1. The van der Waals surface area contributed by atoms with E-state index in [0.717, 1.165) is 4.90 Å². The number of anilines is 1. The van der Waals surface area contributed by atoms with Gasteiger partial charge in [0.25, 0.3) is 11.8 Å². The molecule has 9 amide bonds. The van der Waals surface area contributed by atoms with Gasteiger partial charge in [-0.25, -0.2) is 14.4 Å². The second-order valence-corrected chi connectivity index (χ2v) is 24.5. The maximum absolute atomic E-state index is 13.7. The first kappa shape index (κ1) is 72.6. The van der Waals surface area contributed by atoms with Crippen molar-refractivity contribution >= 4 is 59.4 Å². The molecule has 4 aliphatic heterocycles. The lowest BCUT2D eigenvalue weighted by Crippen LogP contribution is -2.54. The van der Waals surface area contributed by atoms with Crippen LogP contribution in [-0.4, -0.2) is 190 Å². The van der Waals surface area contributed by atoms with Crippen LogP contribution in [0, 0.1) is 23.7 Å². The Labute approximate surface area is 522 Å². The molecule has 2 saturated heterocycles. The van der Waals surface area contributed by atoms with Gasteiger partial charge in [-0.3, -0.25) is 38.6 Å². The first-order valence-corrected chi connectivity index (χ1v) is 31.4. The fourth-order valence-electron chi connectivity index (χ4n) is 10.8.